The van der Waals surface area contributed by atoms with Crippen LogP contribution in [0.3, 0.4) is 0 Å². The van der Waals surface area contributed by atoms with Gasteiger partial charge in [-0.1, -0.05) is 55.5 Å². The average molecular weight is 321 g/mol. The fraction of sp³-hybridized carbons (Fsp3) is 0.333. The van der Waals surface area contributed by atoms with Crippen molar-refractivity contribution in [2.45, 2.75) is 38.6 Å². The number of nitrogens with zero attached hydrogens (tertiary/aromatic N) is 1. The monoisotopic (exact) mass is 321 g/mol. The summed E-state index contributed by atoms with van der Waals surface area (Å²) in [6.45, 7) is 6.57. The van der Waals surface area contributed by atoms with Crippen LogP contribution in [0.15, 0.2) is 59.6 Å². The van der Waals surface area contributed by atoms with E-state index in [-0.39, 0.29) is 17.2 Å². The highest BCUT2D eigenvalue weighted by atomic mass is 16.5. The number of rotatable bonds is 5. The van der Waals surface area contributed by atoms with Gasteiger partial charge in [0.25, 0.3) is 0 Å². The van der Waals surface area contributed by atoms with Gasteiger partial charge in [0, 0.05) is 12.0 Å². The van der Waals surface area contributed by atoms with Gasteiger partial charge in [0.1, 0.15) is 12.4 Å². The Kier molecular flexibility index (Phi) is 4.52. The predicted molar refractivity (Wildman–Crippen MR) is 96.6 cm³/mol. The predicted octanol–water partition coefficient (Wildman–Crippen LogP) is 4.35. The van der Waals surface area contributed by atoms with Crippen molar-refractivity contribution in [1.29, 1.82) is 0 Å². The summed E-state index contributed by atoms with van der Waals surface area (Å²) in [5.41, 5.74) is 2.67. The number of carbonyl (C=O) groups is 1. The van der Waals surface area contributed by atoms with Gasteiger partial charge in [-0.2, -0.15) is 0 Å². The molecule has 0 saturated carbocycles. The average Bonchev–Trinajstić information content (AvgIpc) is 2.96. The zero-order valence-corrected chi connectivity index (χ0v) is 14.5. The Labute approximate surface area is 143 Å². The van der Waals surface area contributed by atoms with Crippen LogP contribution in [0.1, 0.15) is 49.8 Å². The van der Waals surface area contributed by atoms with Gasteiger partial charge in [-0.3, -0.25) is 4.79 Å². The lowest BCUT2D eigenvalue weighted by molar-refractivity contribution is -0.119. The van der Waals surface area contributed by atoms with Crippen LogP contribution >= 0.6 is 0 Å². The molecule has 1 aliphatic heterocycles. The first-order chi connectivity index (χ1) is 11.5. The van der Waals surface area contributed by atoms with Crippen LogP contribution in [-0.4, -0.2) is 23.8 Å². The van der Waals surface area contributed by atoms with E-state index in [0.717, 1.165) is 16.7 Å². The zero-order chi connectivity index (χ0) is 17.2. The summed E-state index contributed by atoms with van der Waals surface area (Å²) in [4.78, 5) is 17.4. The van der Waals surface area contributed by atoms with Crippen LogP contribution in [-0.2, 0) is 9.53 Å². The maximum absolute atomic E-state index is 12.7. The minimum absolute atomic E-state index is 0.200. The normalized spacial score (nSPS) is 17.0. The second kappa shape index (κ2) is 6.60. The third kappa shape index (κ3) is 3.25. The van der Waals surface area contributed by atoms with Crippen LogP contribution in [0.25, 0.3) is 0 Å². The molecule has 3 rings (SSSR count). The first-order valence-electron chi connectivity index (χ1n) is 8.41. The van der Waals surface area contributed by atoms with Crippen molar-refractivity contribution in [1.82, 2.24) is 0 Å². The second-order valence-corrected chi connectivity index (χ2v) is 6.77. The van der Waals surface area contributed by atoms with E-state index < -0.39 is 0 Å². The molecule has 0 spiro atoms. The van der Waals surface area contributed by atoms with E-state index in [2.05, 4.69) is 13.8 Å². The Morgan fingerprint density at radius 2 is 1.79 bits per heavy atom. The molecule has 24 heavy (non-hydrogen) atoms. The Bertz CT molecular complexity index is 762. The first-order valence-corrected chi connectivity index (χ1v) is 8.41. The summed E-state index contributed by atoms with van der Waals surface area (Å²) in [6.07, 6.45) is 0.493. The zero-order valence-electron chi connectivity index (χ0n) is 14.5. The third-order valence-electron chi connectivity index (χ3n) is 4.27. The number of ketones is 1. The molecular weight excluding hydrogens is 298 g/mol. The van der Waals surface area contributed by atoms with Gasteiger partial charge in [0.2, 0.25) is 5.90 Å². The molecule has 0 aromatic heterocycles. The molecule has 2 aromatic rings. The van der Waals surface area contributed by atoms with Gasteiger partial charge < -0.3 is 4.74 Å². The first kappa shape index (κ1) is 16.4. The summed E-state index contributed by atoms with van der Waals surface area (Å²) < 4.78 is 5.83. The number of hydrogen-bond acceptors (Lipinski definition) is 3. The van der Waals surface area contributed by atoms with Crippen molar-refractivity contribution >= 4 is 11.7 Å². The van der Waals surface area contributed by atoms with Crippen LogP contribution < -0.4 is 0 Å². The highest BCUT2D eigenvalue weighted by molar-refractivity contribution is 6.00. The molecule has 0 bridgehead atoms. The molecular formula is C21H23NO2. The van der Waals surface area contributed by atoms with Gasteiger partial charge in [-0.25, -0.2) is 4.99 Å². The highest BCUT2D eigenvalue weighted by Crippen LogP contribution is 2.32. The molecule has 1 heterocycles. The molecule has 0 amide bonds. The molecule has 0 N–H and O–H groups in total. The molecule has 3 nitrogen and oxygen atoms in total. The highest BCUT2D eigenvalue weighted by Gasteiger charge is 2.31. The summed E-state index contributed by atoms with van der Waals surface area (Å²) >= 11 is 0. The van der Waals surface area contributed by atoms with Crippen LogP contribution in [0.5, 0.6) is 0 Å². The Balaban J connectivity index is 2.12. The Morgan fingerprint density at radius 3 is 2.42 bits per heavy atom. The van der Waals surface area contributed by atoms with Crippen LogP contribution in [0.4, 0.5) is 0 Å². The van der Waals surface area contributed by atoms with E-state index in [4.69, 9.17) is 9.73 Å². The van der Waals surface area contributed by atoms with Crippen molar-refractivity contribution in [3.63, 3.8) is 0 Å². The summed E-state index contributed by atoms with van der Waals surface area (Å²) in [5.74, 6) is 0.550. The summed E-state index contributed by atoms with van der Waals surface area (Å²) in [7, 11) is 0. The number of aliphatic imine (C=N–C) groups is 1. The lowest BCUT2D eigenvalue weighted by Crippen LogP contribution is -2.17. The lowest BCUT2D eigenvalue weighted by Gasteiger charge is -2.19. The smallest absolute Gasteiger partial charge is 0.217 e. The molecule has 1 atom stereocenters. The number of ether oxygens (including phenoxy) is 1. The van der Waals surface area contributed by atoms with Crippen LogP contribution in [0, 0.1) is 0 Å². The molecule has 0 fully saturated rings. The van der Waals surface area contributed by atoms with Gasteiger partial charge in [0.05, 0.1) is 11.5 Å². The number of Topliss-reactive ketones (excluding diaryl/α,β-unsaturated/α-hetero) is 1. The van der Waals surface area contributed by atoms with E-state index >= 15 is 0 Å². The topological polar surface area (TPSA) is 38.7 Å². The van der Waals surface area contributed by atoms with E-state index in [1.807, 2.05) is 61.5 Å². The molecule has 1 aliphatic rings. The van der Waals surface area contributed by atoms with Crippen molar-refractivity contribution in [3.8, 4) is 0 Å². The van der Waals surface area contributed by atoms with E-state index in [1.165, 1.54) is 0 Å². The largest absolute Gasteiger partial charge is 0.475 e. The fourth-order valence-electron chi connectivity index (χ4n) is 3.05. The molecule has 124 valence electrons. The summed E-state index contributed by atoms with van der Waals surface area (Å²) in [5, 5.41) is 0. The van der Waals surface area contributed by atoms with Crippen molar-refractivity contribution in [2.75, 3.05) is 6.61 Å². The second-order valence-electron chi connectivity index (χ2n) is 6.77. The lowest BCUT2D eigenvalue weighted by atomic mass is 9.84. The summed E-state index contributed by atoms with van der Waals surface area (Å²) in [6, 6.07) is 17.9. The molecule has 2 aromatic carbocycles. The SMILES string of the molecule is CCC(=O)C(c1ccccc1)c1ccccc1C1=NC(C)(C)CO1. The molecule has 3 heteroatoms. The van der Waals surface area contributed by atoms with Crippen molar-refractivity contribution in [2.24, 2.45) is 4.99 Å². The molecule has 0 aliphatic carbocycles. The Hall–Kier alpha value is -2.42. The van der Waals surface area contributed by atoms with Gasteiger partial charge in [0.15, 0.2) is 0 Å². The Morgan fingerprint density at radius 1 is 1.12 bits per heavy atom. The van der Waals surface area contributed by atoms with Gasteiger partial charge >= 0.3 is 0 Å². The van der Waals surface area contributed by atoms with E-state index in [9.17, 15) is 4.79 Å². The molecule has 0 saturated heterocycles. The van der Waals surface area contributed by atoms with Crippen molar-refractivity contribution in [3.05, 3.63) is 71.3 Å². The number of hydrogen-bond donors (Lipinski definition) is 0. The quantitative estimate of drug-likeness (QED) is 0.821. The van der Waals surface area contributed by atoms with E-state index in [1.54, 1.807) is 0 Å². The third-order valence-corrected chi connectivity index (χ3v) is 4.27. The van der Waals surface area contributed by atoms with Crippen molar-refractivity contribution < 1.29 is 9.53 Å². The van der Waals surface area contributed by atoms with E-state index in [0.29, 0.717) is 18.9 Å². The maximum atomic E-state index is 12.7. The number of carbonyl (C=O) groups excluding carboxylic acids is 1. The number of benzene rings is 2. The van der Waals surface area contributed by atoms with Gasteiger partial charge in [-0.15, -0.1) is 0 Å². The van der Waals surface area contributed by atoms with Gasteiger partial charge in [-0.05, 0) is 31.0 Å². The maximum Gasteiger partial charge on any atom is 0.217 e. The minimum Gasteiger partial charge on any atom is -0.475 e. The van der Waals surface area contributed by atoms with Crippen LogP contribution in [0.2, 0.25) is 0 Å². The molecule has 0 radical (unpaired) electrons. The fourth-order valence-corrected chi connectivity index (χ4v) is 3.05. The molecule has 1 unspecified atom stereocenters. The standard InChI is InChI=1S/C21H23NO2/c1-4-18(23)19(15-10-6-5-7-11-15)16-12-8-9-13-17(16)20-22-21(2,3)14-24-20/h5-13,19H,4,14H2,1-3H3. The minimum atomic E-state index is -0.289.